The van der Waals surface area contributed by atoms with Crippen LogP contribution in [-0.2, 0) is 6.42 Å². The van der Waals surface area contributed by atoms with Crippen LogP contribution in [0.1, 0.15) is 36.3 Å². The second-order valence-electron chi connectivity index (χ2n) is 3.85. The molecule has 0 aromatic carbocycles. The van der Waals surface area contributed by atoms with E-state index in [0.717, 1.165) is 11.8 Å². The Morgan fingerprint density at radius 2 is 2.36 bits per heavy atom. The van der Waals surface area contributed by atoms with Crippen molar-refractivity contribution < 1.29 is 0 Å². The van der Waals surface area contributed by atoms with Gasteiger partial charge < -0.3 is 0 Å². The monoisotopic (exact) mass is 164 g/mol. The van der Waals surface area contributed by atoms with Crippen LogP contribution in [0.4, 0.5) is 0 Å². The molecular formula is C10H12S. The van der Waals surface area contributed by atoms with Crippen molar-refractivity contribution in [3.63, 3.8) is 0 Å². The molecule has 1 heteroatoms. The van der Waals surface area contributed by atoms with Crippen molar-refractivity contribution in [1.29, 1.82) is 0 Å². The Balaban J connectivity index is 2.06. The molecule has 2 aliphatic rings. The van der Waals surface area contributed by atoms with Crippen LogP contribution in [0.3, 0.4) is 0 Å². The Morgan fingerprint density at radius 1 is 1.36 bits per heavy atom. The molecule has 2 unspecified atom stereocenters. The number of hydrogen-bond acceptors (Lipinski definition) is 1. The molecule has 1 saturated carbocycles. The maximum Gasteiger partial charge on any atom is -0.00555 e. The molecule has 2 aliphatic carbocycles. The minimum atomic E-state index is 0.985. The summed E-state index contributed by atoms with van der Waals surface area (Å²) >= 11 is 1.90. The molecule has 3 rings (SSSR count). The van der Waals surface area contributed by atoms with E-state index < -0.39 is 0 Å². The summed E-state index contributed by atoms with van der Waals surface area (Å²) in [6.45, 7) is 0. The molecule has 0 spiro atoms. The summed E-state index contributed by atoms with van der Waals surface area (Å²) in [7, 11) is 0. The van der Waals surface area contributed by atoms with Gasteiger partial charge in [0.15, 0.2) is 0 Å². The molecule has 1 heterocycles. The maximum absolute atomic E-state index is 2.38. The van der Waals surface area contributed by atoms with Gasteiger partial charge in [-0.05, 0) is 59.4 Å². The van der Waals surface area contributed by atoms with Crippen LogP contribution in [0.5, 0.6) is 0 Å². The lowest BCUT2D eigenvalue weighted by Gasteiger charge is -1.96. The molecular weight excluding hydrogens is 152 g/mol. The van der Waals surface area contributed by atoms with Crippen LogP contribution in [0.25, 0.3) is 0 Å². The second-order valence-corrected chi connectivity index (χ2v) is 4.59. The van der Waals surface area contributed by atoms with Gasteiger partial charge in [-0.2, -0.15) is 11.3 Å². The van der Waals surface area contributed by atoms with Gasteiger partial charge in [0, 0.05) is 0 Å². The van der Waals surface area contributed by atoms with Crippen LogP contribution < -0.4 is 0 Å². The summed E-state index contributed by atoms with van der Waals surface area (Å²) in [5, 5.41) is 4.74. The van der Waals surface area contributed by atoms with Gasteiger partial charge in [0.05, 0.1) is 0 Å². The van der Waals surface area contributed by atoms with Gasteiger partial charge in [-0.3, -0.25) is 0 Å². The Kier molecular flexibility index (Phi) is 1.19. The standard InChI is InChI=1S/C10H12S/c1-2-7-4-9(7)10-6-11-5-8(10)3-1/h5-7,9H,1-4H2. The normalized spacial score (nSPS) is 33.8. The predicted molar refractivity (Wildman–Crippen MR) is 48.1 cm³/mol. The van der Waals surface area contributed by atoms with Gasteiger partial charge in [0.2, 0.25) is 0 Å². The highest BCUT2D eigenvalue weighted by Crippen LogP contribution is 2.53. The minimum absolute atomic E-state index is 0.985. The Bertz CT molecular complexity index is 274. The number of aryl methyl sites for hydroxylation is 1. The van der Waals surface area contributed by atoms with E-state index in [1.165, 1.54) is 25.7 Å². The topological polar surface area (TPSA) is 0 Å². The average Bonchev–Trinajstić information content (AvgIpc) is 2.65. The van der Waals surface area contributed by atoms with Gasteiger partial charge in [0.1, 0.15) is 0 Å². The largest absolute Gasteiger partial charge is 0.152 e. The molecule has 1 aromatic heterocycles. The van der Waals surface area contributed by atoms with E-state index >= 15 is 0 Å². The number of fused-ring (bicyclic) bond motifs is 3. The van der Waals surface area contributed by atoms with Gasteiger partial charge in [-0.15, -0.1) is 0 Å². The molecule has 0 amide bonds. The fourth-order valence-corrected chi connectivity index (χ4v) is 3.32. The summed E-state index contributed by atoms with van der Waals surface area (Å²) in [6, 6.07) is 0. The summed E-state index contributed by atoms with van der Waals surface area (Å²) in [5.41, 5.74) is 3.37. The molecule has 2 atom stereocenters. The van der Waals surface area contributed by atoms with Crippen molar-refractivity contribution in [2.24, 2.45) is 5.92 Å². The van der Waals surface area contributed by atoms with Crippen molar-refractivity contribution in [2.45, 2.75) is 31.6 Å². The second kappa shape index (κ2) is 2.10. The van der Waals surface area contributed by atoms with Gasteiger partial charge in [-0.1, -0.05) is 0 Å². The van der Waals surface area contributed by atoms with Crippen molar-refractivity contribution in [3.8, 4) is 0 Å². The van der Waals surface area contributed by atoms with E-state index in [-0.39, 0.29) is 0 Å². The summed E-state index contributed by atoms with van der Waals surface area (Å²) in [6.07, 6.45) is 5.77. The smallest absolute Gasteiger partial charge is 0.00555 e. The maximum atomic E-state index is 2.38. The van der Waals surface area contributed by atoms with Crippen LogP contribution in [-0.4, -0.2) is 0 Å². The van der Waals surface area contributed by atoms with Crippen molar-refractivity contribution in [2.75, 3.05) is 0 Å². The lowest BCUT2D eigenvalue weighted by Crippen LogP contribution is -1.83. The fourth-order valence-electron chi connectivity index (χ4n) is 2.36. The van der Waals surface area contributed by atoms with Crippen molar-refractivity contribution in [3.05, 3.63) is 21.9 Å². The first kappa shape index (κ1) is 6.24. The van der Waals surface area contributed by atoms with Crippen molar-refractivity contribution in [1.82, 2.24) is 0 Å². The minimum Gasteiger partial charge on any atom is -0.152 e. The molecule has 58 valence electrons. The average molecular weight is 164 g/mol. The zero-order valence-electron chi connectivity index (χ0n) is 6.55. The first-order chi connectivity index (χ1) is 5.45. The van der Waals surface area contributed by atoms with E-state index in [1.54, 1.807) is 11.1 Å². The van der Waals surface area contributed by atoms with E-state index in [0.29, 0.717) is 0 Å². The Labute approximate surface area is 71.2 Å². The molecule has 0 nitrogen and oxygen atoms in total. The quantitative estimate of drug-likeness (QED) is 0.552. The molecule has 0 bridgehead atoms. The Hall–Kier alpha value is -0.300. The fraction of sp³-hybridized carbons (Fsp3) is 0.600. The van der Waals surface area contributed by atoms with Crippen molar-refractivity contribution >= 4 is 11.3 Å². The third-order valence-corrected chi connectivity index (χ3v) is 3.93. The third-order valence-electron chi connectivity index (χ3n) is 3.12. The predicted octanol–water partition coefficient (Wildman–Crippen LogP) is 3.19. The van der Waals surface area contributed by atoms with E-state index in [9.17, 15) is 0 Å². The number of hydrogen-bond donors (Lipinski definition) is 0. The van der Waals surface area contributed by atoms with E-state index in [4.69, 9.17) is 0 Å². The molecule has 11 heavy (non-hydrogen) atoms. The summed E-state index contributed by atoms with van der Waals surface area (Å²) in [4.78, 5) is 0. The number of rotatable bonds is 0. The van der Waals surface area contributed by atoms with Gasteiger partial charge >= 0.3 is 0 Å². The summed E-state index contributed by atoms with van der Waals surface area (Å²) in [5.74, 6) is 2.06. The SMILES string of the molecule is c1scc2c1CCCC1CC21. The molecule has 0 N–H and O–H groups in total. The molecule has 1 aromatic rings. The molecule has 0 radical (unpaired) electrons. The summed E-state index contributed by atoms with van der Waals surface area (Å²) < 4.78 is 0. The van der Waals surface area contributed by atoms with E-state index in [1.807, 2.05) is 11.3 Å². The third kappa shape index (κ3) is 0.871. The van der Waals surface area contributed by atoms with Crippen LogP contribution in [0, 0.1) is 5.92 Å². The first-order valence-electron chi connectivity index (χ1n) is 4.50. The van der Waals surface area contributed by atoms with Gasteiger partial charge in [0.25, 0.3) is 0 Å². The van der Waals surface area contributed by atoms with Crippen LogP contribution in [0.15, 0.2) is 10.8 Å². The molecule has 0 aliphatic heterocycles. The first-order valence-corrected chi connectivity index (χ1v) is 5.44. The lowest BCUT2D eigenvalue weighted by atomic mass is 10.1. The van der Waals surface area contributed by atoms with E-state index in [2.05, 4.69) is 10.8 Å². The zero-order chi connectivity index (χ0) is 7.26. The molecule has 0 saturated heterocycles. The highest BCUT2D eigenvalue weighted by Gasteiger charge is 2.40. The lowest BCUT2D eigenvalue weighted by molar-refractivity contribution is 0.672. The highest BCUT2D eigenvalue weighted by atomic mass is 32.1. The zero-order valence-corrected chi connectivity index (χ0v) is 7.36. The van der Waals surface area contributed by atoms with Crippen LogP contribution >= 0.6 is 11.3 Å². The van der Waals surface area contributed by atoms with Crippen LogP contribution in [0.2, 0.25) is 0 Å². The Morgan fingerprint density at radius 3 is 3.36 bits per heavy atom. The van der Waals surface area contributed by atoms with Gasteiger partial charge in [-0.25, -0.2) is 0 Å². The number of thiophene rings is 1. The molecule has 1 fully saturated rings. The highest BCUT2D eigenvalue weighted by molar-refractivity contribution is 7.08.